The number of hydrogen-bond donors (Lipinski definition) is 2. The summed E-state index contributed by atoms with van der Waals surface area (Å²) in [7, 11) is 1.60. The summed E-state index contributed by atoms with van der Waals surface area (Å²) in [6, 6.07) is 21.2. The number of aromatic amines is 1. The Hall–Kier alpha value is -4.64. The lowest BCUT2D eigenvalue weighted by molar-refractivity contribution is -0.384. The summed E-state index contributed by atoms with van der Waals surface area (Å²) in [5, 5.41) is 24.1. The number of non-ortho nitro benzene ring substituents is 1. The van der Waals surface area contributed by atoms with Gasteiger partial charge < -0.3 is 15.0 Å². The molecule has 0 saturated carbocycles. The topological polar surface area (TPSA) is 128 Å². The van der Waals surface area contributed by atoms with Crippen molar-refractivity contribution < 1.29 is 14.5 Å². The van der Waals surface area contributed by atoms with Gasteiger partial charge >= 0.3 is 0 Å². The average molecular weight is 501 g/mol. The Morgan fingerprint density at radius 2 is 1.92 bits per heavy atom. The number of hydrogen-bond acceptors (Lipinski definition) is 7. The number of ether oxygens (including phenoxy) is 1. The number of nitrogens with zero attached hydrogens (tertiary/aromatic N) is 4. The Labute approximate surface area is 209 Å². The molecule has 2 heterocycles. The minimum Gasteiger partial charge on any atom is -0.497 e. The van der Waals surface area contributed by atoms with E-state index >= 15 is 0 Å². The van der Waals surface area contributed by atoms with Crippen molar-refractivity contribution in [2.24, 2.45) is 0 Å². The molecule has 0 fully saturated rings. The number of anilines is 1. The molecule has 11 heteroatoms. The standard InChI is InChI=1S/C25H20N6O4S/c1-35-19-11-9-17(10-12-19)30-24(21-14-26-22-8-3-2-7-20(21)22)28-29-25(30)36-15-23(32)27-16-5-4-6-18(13-16)31(33)34/h2-14,26H,15H2,1H3,(H,27,32). The molecule has 0 bridgehead atoms. The SMILES string of the molecule is COc1ccc(-n2c(SCC(=O)Nc3cccc([N+](=O)[O-])c3)nnc2-c2c[nH]c3ccccc23)cc1. The summed E-state index contributed by atoms with van der Waals surface area (Å²) < 4.78 is 7.18. The molecule has 2 N–H and O–H groups in total. The van der Waals surface area contributed by atoms with E-state index in [2.05, 4.69) is 20.5 Å². The van der Waals surface area contributed by atoms with E-state index in [0.29, 0.717) is 22.4 Å². The Balaban J connectivity index is 1.44. The fourth-order valence-corrected chi connectivity index (χ4v) is 4.53. The molecule has 0 atom stereocenters. The van der Waals surface area contributed by atoms with Gasteiger partial charge in [-0.2, -0.15) is 0 Å². The van der Waals surface area contributed by atoms with E-state index in [0.717, 1.165) is 22.2 Å². The quantitative estimate of drug-likeness (QED) is 0.173. The van der Waals surface area contributed by atoms with Gasteiger partial charge in [0.25, 0.3) is 5.69 Å². The average Bonchev–Trinajstić information content (AvgIpc) is 3.51. The van der Waals surface area contributed by atoms with E-state index in [1.165, 1.54) is 30.0 Å². The van der Waals surface area contributed by atoms with Crippen LogP contribution in [0.1, 0.15) is 0 Å². The first-order chi connectivity index (χ1) is 17.5. The van der Waals surface area contributed by atoms with Gasteiger partial charge in [-0.1, -0.05) is 36.0 Å². The third kappa shape index (κ3) is 4.64. The number of nitrogens with one attached hydrogen (secondary N) is 2. The number of rotatable bonds is 8. The van der Waals surface area contributed by atoms with Gasteiger partial charge in [0.15, 0.2) is 11.0 Å². The molecule has 1 amide bonds. The van der Waals surface area contributed by atoms with Crippen LogP contribution in [0.4, 0.5) is 11.4 Å². The van der Waals surface area contributed by atoms with Crippen LogP contribution in [0.15, 0.2) is 84.1 Å². The molecule has 0 radical (unpaired) electrons. The molecule has 3 aromatic carbocycles. The highest BCUT2D eigenvalue weighted by atomic mass is 32.2. The van der Waals surface area contributed by atoms with E-state index in [4.69, 9.17) is 4.74 Å². The van der Waals surface area contributed by atoms with Gasteiger partial charge in [-0.05, 0) is 36.4 Å². The van der Waals surface area contributed by atoms with Crippen LogP contribution in [-0.2, 0) is 4.79 Å². The summed E-state index contributed by atoms with van der Waals surface area (Å²) >= 11 is 1.22. The Morgan fingerprint density at radius 1 is 1.11 bits per heavy atom. The van der Waals surface area contributed by atoms with Gasteiger partial charge in [-0.25, -0.2) is 0 Å². The van der Waals surface area contributed by atoms with Crippen LogP contribution in [-0.4, -0.2) is 43.4 Å². The van der Waals surface area contributed by atoms with Gasteiger partial charge in [0.05, 0.1) is 17.8 Å². The van der Waals surface area contributed by atoms with Gasteiger partial charge in [-0.3, -0.25) is 19.5 Å². The van der Waals surface area contributed by atoms with Crippen LogP contribution in [0, 0.1) is 10.1 Å². The largest absolute Gasteiger partial charge is 0.497 e. The number of nitro benzene ring substituents is 1. The predicted molar refractivity (Wildman–Crippen MR) is 138 cm³/mol. The molecule has 0 saturated heterocycles. The lowest BCUT2D eigenvalue weighted by Gasteiger charge is -2.11. The number of nitro groups is 1. The number of H-pyrrole nitrogens is 1. The summed E-state index contributed by atoms with van der Waals surface area (Å²) in [4.78, 5) is 26.4. The van der Waals surface area contributed by atoms with Gasteiger partial charge in [0.2, 0.25) is 5.91 Å². The van der Waals surface area contributed by atoms with Crippen LogP contribution < -0.4 is 10.1 Å². The highest BCUT2D eigenvalue weighted by Crippen LogP contribution is 2.33. The van der Waals surface area contributed by atoms with Crippen molar-refractivity contribution in [1.29, 1.82) is 0 Å². The Kier molecular flexibility index (Phi) is 6.37. The normalized spacial score (nSPS) is 10.9. The third-order valence-electron chi connectivity index (χ3n) is 5.47. The number of thioether (sulfide) groups is 1. The molecule has 0 spiro atoms. The minimum atomic E-state index is -0.506. The molecule has 10 nitrogen and oxygen atoms in total. The molecule has 5 rings (SSSR count). The second-order valence-electron chi connectivity index (χ2n) is 7.73. The number of methoxy groups -OCH3 is 1. The van der Waals surface area contributed by atoms with Crippen molar-refractivity contribution in [3.05, 3.63) is 89.1 Å². The molecule has 0 aliphatic rings. The Bertz CT molecular complexity index is 1560. The van der Waals surface area contributed by atoms with Gasteiger partial charge in [0, 0.05) is 46.2 Å². The highest BCUT2D eigenvalue weighted by Gasteiger charge is 2.20. The molecule has 5 aromatic rings. The molecular weight excluding hydrogens is 480 g/mol. The molecule has 0 unspecified atom stereocenters. The molecular formula is C25H20N6O4S. The summed E-state index contributed by atoms with van der Waals surface area (Å²) in [5.41, 5.74) is 2.92. The van der Waals surface area contributed by atoms with Crippen molar-refractivity contribution in [2.45, 2.75) is 5.16 Å². The fraction of sp³-hybridized carbons (Fsp3) is 0.0800. The van der Waals surface area contributed by atoms with Crippen molar-refractivity contribution in [3.8, 4) is 22.8 Å². The highest BCUT2D eigenvalue weighted by molar-refractivity contribution is 7.99. The van der Waals surface area contributed by atoms with Gasteiger partial charge in [-0.15, -0.1) is 10.2 Å². The number of carbonyl (C=O) groups excluding carboxylic acids is 1. The number of benzene rings is 3. The lowest BCUT2D eigenvalue weighted by Crippen LogP contribution is -2.14. The zero-order valence-electron chi connectivity index (χ0n) is 19.0. The number of aromatic nitrogens is 4. The van der Waals surface area contributed by atoms with Crippen LogP contribution in [0.5, 0.6) is 5.75 Å². The second kappa shape index (κ2) is 9.92. The molecule has 0 aliphatic carbocycles. The first kappa shape index (κ1) is 23.1. The maximum atomic E-state index is 12.6. The van der Waals surface area contributed by atoms with Crippen molar-refractivity contribution in [2.75, 3.05) is 18.2 Å². The van der Waals surface area contributed by atoms with E-state index in [-0.39, 0.29) is 17.3 Å². The van der Waals surface area contributed by atoms with Crippen LogP contribution in [0.2, 0.25) is 0 Å². The van der Waals surface area contributed by atoms with Crippen LogP contribution in [0.3, 0.4) is 0 Å². The van der Waals surface area contributed by atoms with Crippen molar-refractivity contribution in [1.82, 2.24) is 19.7 Å². The summed E-state index contributed by atoms with van der Waals surface area (Å²) in [6.07, 6.45) is 1.89. The maximum absolute atomic E-state index is 12.6. The summed E-state index contributed by atoms with van der Waals surface area (Å²) in [6.45, 7) is 0. The minimum absolute atomic E-state index is 0.0326. The lowest BCUT2D eigenvalue weighted by atomic mass is 10.1. The third-order valence-corrected chi connectivity index (χ3v) is 6.40. The van der Waals surface area contributed by atoms with Gasteiger partial charge in [0.1, 0.15) is 5.75 Å². The first-order valence-corrected chi connectivity index (χ1v) is 11.9. The monoisotopic (exact) mass is 500 g/mol. The smallest absolute Gasteiger partial charge is 0.271 e. The number of carbonyl (C=O) groups is 1. The second-order valence-corrected chi connectivity index (χ2v) is 8.67. The zero-order valence-corrected chi connectivity index (χ0v) is 19.9. The fourth-order valence-electron chi connectivity index (χ4n) is 3.78. The van der Waals surface area contributed by atoms with E-state index < -0.39 is 4.92 Å². The molecule has 180 valence electrons. The maximum Gasteiger partial charge on any atom is 0.271 e. The van der Waals surface area contributed by atoms with E-state index in [1.807, 2.05) is 59.3 Å². The predicted octanol–water partition coefficient (Wildman–Crippen LogP) is 5.06. The Morgan fingerprint density at radius 3 is 2.69 bits per heavy atom. The van der Waals surface area contributed by atoms with Crippen LogP contribution in [0.25, 0.3) is 28.0 Å². The number of fused-ring (bicyclic) bond motifs is 1. The molecule has 2 aromatic heterocycles. The summed E-state index contributed by atoms with van der Waals surface area (Å²) in [5.74, 6) is 1.05. The first-order valence-electron chi connectivity index (χ1n) is 10.9. The molecule has 0 aliphatic heterocycles. The van der Waals surface area contributed by atoms with Crippen molar-refractivity contribution in [3.63, 3.8) is 0 Å². The number of para-hydroxylation sites is 1. The van der Waals surface area contributed by atoms with E-state index in [9.17, 15) is 14.9 Å². The molecule has 36 heavy (non-hydrogen) atoms. The zero-order chi connectivity index (χ0) is 25.1. The van der Waals surface area contributed by atoms with Crippen molar-refractivity contribution >= 4 is 39.9 Å². The van der Waals surface area contributed by atoms with Crippen LogP contribution >= 0.6 is 11.8 Å². The van der Waals surface area contributed by atoms with E-state index in [1.54, 1.807) is 13.2 Å². The number of amides is 1.